The molecule has 192 valence electrons. The number of hydrogen-bond acceptors (Lipinski definition) is 6. The molecule has 0 aliphatic heterocycles. The molecule has 0 heterocycles. The van der Waals surface area contributed by atoms with Crippen LogP contribution in [0.4, 0.5) is 5.69 Å². The van der Waals surface area contributed by atoms with Gasteiger partial charge in [-0.3, -0.25) is 9.10 Å². The predicted molar refractivity (Wildman–Crippen MR) is 136 cm³/mol. The Hall–Kier alpha value is -2.78. The minimum absolute atomic E-state index is 0.00655. The van der Waals surface area contributed by atoms with Crippen molar-refractivity contribution in [2.75, 3.05) is 38.2 Å². The lowest BCUT2D eigenvalue weighted by atomic mass is 10.1. The van der Waals surface area contributed by atoms with E-state index in [4.69, 9.17) is 14.2 Å². The number of sulfonamides is 1. The van der Waals surface area contributed by atoms with Gasteiger partial charge in [0.1, 0.15) is 6.54 Å². The first-order valence-electron chi connectivity index (χ1n) is 12.0. The first-order valence-corrected chi connectivity index (χ1v) is 13.4. The highest BCUT2D eigenvalue weighted by Gasteiger charge is 2.28. The summed E-state index contributed by atoms with van der Waals surface area (Å²) in [5, 5.41) is 2.83. The molecule has 0 saturated heterocycles. The number of benzene rings is 2. The van der Waals surface area contributed by atoms with Gasteiger partial charge in [-0.15, -0.1) is 0 Å². The number of anilines is 1. The molecule has 3 rings (SSSR count). The molecule has 1 saturated carbocycles. The van der Waals surface area contributed by atoms with E-state index in [0.717, 1.165) is 28.3 Å². The number of hydrogen-bond donors (Lipinski definition) is 1. The molecule has 35 heavy (non-hydrogen) atoms. The topological polar surface area (TPSA) is 94.2 Å². The van der Waals surface area contributed by atoms with Crippen LogP contribution in [0.25, 0.3) is 0 Å². The third-order valence-corrected chi connectivity index (χ3v) is 7.79. The maximum absolute atomic E-state index is 13.7. The van der Waals surface area contributed by atoms with Crippen LogP contribution in [0.15, 0.2) is 41.3 Å². The Labute approximate surface area is 208 Å². The SMILES string of the molecule is COc1ccc(S(=O)(=O)N(CC(=O)NCCCOC2CCCC2)c2cc(C)cc(C)c2)cc1OC. The van der Waals surface area contributed by atoms with E-state index in [9.17, 15) is 13.2 Å². The van der Waals surface area contributed by atoms with Gasteiger partial charge in [0.2, 0.25) is 5.91 Å². The number of aryl methyl sites for hydroxylation is 2. The first-order chi connectivity index (χ1) is 16.7. The van der Waals surface area contributed by atoms with E-state index in [-0.39, 0.29) is 17.3 Å². The van der Waals surface area contributed by atoms with Gasteiger partial charge in [0.05, 0.1) is 30.9 Å². The Morgan fingerprint density at radius 3 is 2.29 bits per heavy atom. The second-order valence-electron chi connectivity index (χ2n) is 8.86. The zero-order valence-corrected chi connectivity index (χ0v) is 21.8. The van der Waals surface area contributed by atoms with Crippen molar-refractivity contribution < 1.29 is 27.4 Å². The van der Waals surface area contributed by atoms with Crippen molar-refractivity contribution in [3.63, 3.8) is 0 Å². The Morgan fingerprint density at radius 1 is 1.00 bits per heavy atom. The van der Waals surface area contributed by atoms with Crippen molar-refractivity contribution in [1.29, 1.82) is 0 Å². The number of nitrogens with one attached hydrogen (secondary N) is 1. The molecule has 8 nitrogen and oxygen atoms in total. The fourth-order valence-electron chi connectivity index (χ4n) is 4.31. The minimum Gasteiger partial charge on any atom is -0.493 e. The van der Waals surface area contributed by atoms with Crippen molar-refractivity contribution in [2.45, 2.75) is 57.0 Å². The number of ether oxygens (including phenoxy) is 3. The van der Waals surface area contributed by atoms with E-state index in [1.54, 1.807) is 12.1 Å². The Kier molecular flexibility index (Phi) is 9.40. The van der Waals surface area contributed by atoms with Gasteiger partial charge in [0, 0.05) is 19.2 Å². The molecular weight excluding hydrogens is 468 g/mol. The summed E-state index contributed by atoms with van der Waals surface area (Å²) >= 11 is 0. The molecule has 2 aromatic carbocycles. The Balaban J connectivity index is 1.77. The van der Waals surface area contributed by atoms with Gasteiger partial charge in [0.15, 0.2) is 11.5 Å². The van der Waals surface area contributed by atoms with E-state index >= 15 is 0 Å². The molecule has 9 heteroatoms. The van der Waals surface area contributed by atoms with Gasteiger partial charge < -0.3 is 19.5 Å². The van der Waals surface area contributed by atoms with Gasteiger partial charge >= 0.3 is 0 Å². The maximum Gasteiger partial charge on any atom is 0.264 e. The first kappa shape index (κ1) is 26.8. The summed E-state index contributed by atoms with van der Waals surface area (Å²) in [6.07, 6.45) is 5.64. The largest absolute Gasteiger partial charge is 0.493 e. The van der Waals surface area contributed by atoms with Gasteiger partial charge in [-0.25, -0.2) is 8.42 Å². The quantitative estimate of drug-likeness (QED) is 0.440. The summed E-state index contributed by atoms with van der Waals surface area (Å²) in [6, 6.07) is 9.86. The standard InChI is InChI=1S/C26H36N2O6S/c1-19-14-20(2)16-21(15-19)28(18-26(29)27-12-7-13-34-22-8-5-6-9-22)35(30,31)23-10-11-24(32-3)25(17-23)33-4/h10-11,14-17,22H,5-9,12-13,18H2,1-4H3,(H,27,29). The minimum atomic E-state index is -4.07. The van der Waals surface area contributed by atoms with Crippen LogP contribution in [0.5, 0.6) is 11.5 Å². The number of nitrogens with zero attached hydrogens (tertiary/aromatic N) is 1. The monoisotopic (exact) mass is 504 g/mol. The zero-order chi connectivity index (χ0) is 25.4. The van der Waals surface area contributed by atoms with Crippen molar-refractivity contribution in [2.24, 2.45) is 0 Å². The molecule has 0 unspecified atom stereocenters. The van der Waals surface area contributed by atoms with Crippen LogP contribution in [0.1, 0.15) is 43.2 Å². The lowest BCUT2D eigenvalue weighted by molar-refractivity contribution is -0.119. The second-order valence-corrected chi connectivity index (χ2v) is 10.7. The van der Waals surface area contributed by atoms with Crippen LogP contribution < -0.4 is 19.1 Å². The number of methoxy groups -OCH3 is 2. The van der Waals surface area contributed by atoms with E-state index in [1.807, 2.05) is 19.9 Å². The van der Waals surface area contributed by atoms with Crippen LogP contribution in [0, 0.1) is 13.8 Å². The van der Waals surface area contributed by atoms with Gasteiger partial charge in [-0.2, -0.15) is 0 Å². The van der Waals surface area contributed by atoms with Crippen molar-refractivity contribution in [3.8, 4) is 11.5 Å². The lowest BCUT2D eigenvalue weighted by Gasteiger charge is -2.25. The van der Waals surface area contributed by atoms with Crippen molar-refractivity contribution in [1.82, 2.24) is 5.32 Å². The summed E-state index contributed by atoms with van der Waals surface area (Å²) in [5.41, 5.74) is 2.23. The lowest BCUT2D eigenvalue weighted by Crippen LogP contribution is -2.41. The average molecular weight is 505 g/mol. The normalized spacial score (nSPS) is 14.1. The van der Waals surface area contributed by atoms with Crippen LogP contribution in [0.3, 0.4) is 0 Å². The van der Waals surface area contributed by atoms with E-state index in [1.165, 1.54) is 45.3 Å². The van der Waals surface area contributed by atoms with Crippen LogP contribution >= 0.6 is 0 Å². The zero-order valence-electron chi connectivity index (χ0n) is 21.0. The predicted octanol–water partition coefficient (Wildman–Crippen LogP) is 3.98. The molecule has 0 spiro atoms. The molecule has 0 atom stereocenters. The number of carbonyl (C=O) groups is 1. The third kappa shape index (κ3) is 7.11. The van der Waals surface area contributed by atoms with Crippen LogP contribution in [-0.2, 0) is 19.6 Å². The Morgan fingerprint density at radius 2 is 1.66 bits per heavy atom. The molecule has 1 aliphatic rings. The Bertz CT molecular complexity index is 1090. The van der Waals surface area contributed by atoms with Crippen molar-refractivity contribution in [3.05, 3.63) is 47.5 Å². The smallest absolute Gasteiger partial charge is 0.264 e. The van der Waals surface area contributed by atoms with E-state index in [2.05, 4.69) is 5.32 Å². The van der Waals surface area contributed by atoms with E-state index < -0.39 is 10.0 Å². The molecule has 1 amide bonds. The molecule has 1 fully saturated rings. The van der Waals surface area contributed by atoms with Gasteiger partial charge in [-0.1, -0.05) is 18.9 Å². The third-order valence-electron chi connectivity index (χ3n) is 6.02. The van der Waals surface area contributed by atoms with Gasteiger partial charge in [-0.05, 0) is 68.5 Å². The average Bonchev–Trinajstić information content (AvgIpc) is 3.34. The fraction of sp³-hybridized carbons (Fsp3) is 0.500. The highest BCUT2D eigenvalue weighted by atomic mass is 32.2. The van der Waals surface area contributed by atoms with Crippen molar-refractivity contribution >= 4 is 21.6 Å². The molecule has 2 aromatic rings. The summed E-state index contributed by atoms with van der Waals surface area (Å²) in [7, 11) is -1.15. The molecule has 0 bridgehead atoms. The van der Waals surface area contributed by atoms with E-state index in [0.29, 0.717) is 42.9 Å². The molecule has 0 radical (unpaired) electrons. The number of amides is 1. The second kappa shape index (κ2) is 12.3. The van der Waals surface area contributed by atoms with Crippen LogP contribution in [-0.4, -0.2) is 54.3 Å². The summed E-state index contributed by atoms with van der Waals surface area (Å²) in [5.74, 6) is 0.330. The molecule has 0 aromatic heterocycles. The number of carbonyl (C=O) groups excluding carboxylic acids is 1. The highest BCUT2D eigenvalue weighted by Crippen LogP contribution is 2.32. The van der Waals surface area contributed by atoms with Crippen LogP contribution in [0.2, 0.25) is 0 Å². The fourth-order valence-corrected chi connectivity index (χ4v) is 5.73. The number of rotatable bonds is 12. The molecule has 1 aliphatic carbocycles. The molecule has 1 N–H and O–H groups in total. The highest BCUT2D eigenvalue weighted by molar-refractivity contribution is 7.92. The summed E-state index contributed by atoms with van der Waals surface area (Å²) < 4.78 is 44.9. The maximum atomic E-state index is 13.7. The van der Waals surface area contributed by atoms with Gasteiger partial charge in [0.25, 0.3) is 10.0 Å². The molecular formula is C26H36N2O6S. The summed E-state index contributed by atoms with van der Waals surface area (Å²) in [4.78, 5) is 12.8. The summed E-state index contributed by atoms with van der Waals surface area (Å²) in [6.45, 7) is 4.44.